The van der Waals surface area contributed by atoms with Crippen molar-refractivity contribution in [3.05, 3.63) is 18.3 Å². The summed E-state index contributed by atoms with van der Waals surface area (Å²) in [7, 11) is -3.66. The molecule has 0 bridgehead atoms. The van der Waals surface area contributed by atoms with E-state index in [0.29, 0.717) is 11.2 Å². The van der Waals surface area contributed by atoms with Crippen molar-refractivity contribution in [3.63, 3.8) is 0 Å². The molecule has 21 heavy (non-hydrogen) atoms. The van der Waals surface area contributed by atoms with Crippen LogP contribution in [0.2, 0.25) is 0 Å². The van der Waals surface area contributed by atoms with Crippen molar-refractivity contribution in [3.8, 4) is 0 Å². The number of hydrogen-bond acceptors (Lipinski definition) is 4. The highest BCUT2D eigenvalue weighted by molar-refractivity contribution is 7.89. The standard InChI is InChI=1S/C15H25N3O2S/c1-15(2)8-7-12(10-15)4-3-9-17-14-6-5-13(11-18-14)21(16,19)20/h5-6,11-12H,3-4,7-10H2,1-2H3,(H,17,18)(H2,16,19,20). The lowest BCUT2D eigenvalue weighted by atomic mass is 9.89. The minimum atomic E-state index is -3.66. The molecule has 118 valence electrons. The average molecular weight is 311 g/mol. The molecular formula is C15H25N3O2S. The van der Waals surface area contributed by atoms with E-state index in [0.717, 1.165) is 18.9 Å². The average Bonchev–Trinajstić information content (AvgIpc) is 2.74. The van der Waals surface area contributed by atoms with Gasteiger partial charge in [0.15, 0.2) is 0 Å². The van der Waals surface area contributed by atoms with Crippen LogP contribution in [0.1, 0.15) is 46.0 Å². The summed E-state index contributed by atoms with van der Waals surface area (Å²) in [6, 6.07) is 3.13. The van der Waals surface area contributed by atoms with E-state index >= 15 is 0 Å². The smallest absolute Gasteiger partial charge is 0.239 e. The molecule has 0 aromatic carbocycles. The summed E-state index contributed by atoms with van der Waals surface area (Å²) in [5.74, 6) is 1.54. The van der Waals surface area contributed by atoms with E-state index in [1.54, 1.807) is 6.07 Å². The number of rotatable bonds is 6. The molecule has 2 rings (SSSR count). The molecule has 0 aliphatic heterocycles. The van der Waals surface area contributed by atoms with Crippen molar-refractivity contribution in [2.75, 3.05) is 11.9 Å². The van der Waals surface area contributed by atoms with Crippen molar-refractivity contribution in [2.45, 2.75) is 50.8 Å². The Labute approximate surface area is 127 Å². The summed E-state index contributed by atoms with van der Waals surface area (Å²) in [6.07, 6.45) is 7.65. The third kappa shape index (κ3) is 4.97. The van der Waals surface area contributed by atoms with Gasteiger partial charge in [-0.3, -0.25) is 0 Å². The quantitative estimate of drug-likeness (QED) is 0.791. The third-order valence-corrected chi connectivity index (χ3v) is 5.13. The maximum Gasteiger partial charge on any atom is 0.239 e. The van der Waals surface area contributed by atoms with Crippen LogP contribution in [0.5, 0.6) is 0 Å². The van der Waals surface area contributed by atoms with Crippen molar-refractivity contribution in [1.82, 2.24) is 4.98 Å². The Bertz CT molecular complexity index is 567. The van der Waals surface area contributed by atoms with Crippen LogP contribution in [-0.4, -0.2) is 19.9 Å². The van der Waals surface area contributed by atoms with E-state index < -0.39 is 10.0 Å². The second kappa shape index (κ2) is 6.32. The van der Waals surface area contributed by atoms with E-state index in [4.69, 9.17) is 5.14 Å². The summed E-state index contributed by atoms with van der Waals surface area (Å²) >= 11 is 0. The highest BCUT2D eigenvalue weighted by Crippen LogP contribution is 2.42. The normalized spacial score (nSPS) is 21.4. The molecule has 1 fully saturated rings. The Morgan fingerprint density at radius 1 is 1.43 bits per heavy atom. The van der Waals surface area contributed by atoms with Crippen molar-refractivity contribution < 1.29 is 8.42 Å². The Morgan fingerprint density at radius 3 is 2.71 bits per heavy atom. The highest BCUT2D eigenvalue weighted by Gasteiger charge is 2.30. The molecule has 1 saturated carbocycles. The first kappa shape index (κ1) is 16.2. The fraction of sp³-hybridized carbons (Fsp3) is 0.667. The Balaban J connectivity index is 1.72. The predicted molar refractivity (Wildman–Crippen MR) is 84.5 cm³/mol. The molecule has 1 aliphatic carbocycles. The van der Waals surface area contributed by atoms with Crippen LogP contribution >= 0.6 is 0 Å². The molecule has 0 amide bonds. The number of nitrogens with two attached hydrogens (primary N) is 1. The number of pyridine rings is 1. The van der Waals surface area contributed by atoms with Gasteiger partial charge in [0, 0.05) is 12.7 Å². The Morgan fingerprint density at radius 2 is 2.19 bits per heavy atom. The van der Waals surface area contributed by atoms with Crippen molar-refractivity contribution in [1.29, 1.82) is 0 Å². The molecule has 1 heterocycles. The minimum Gasteiger partial charge on any atom is -0.370 e. The van der Waals surface area contributed by atoms with Gasteiger partial charge in [0.2, 0.25) is 10.0 Å². The van der Waals surface area contributed by atoms with Crippen LogP contribution < -0.4 is 10.5 Å². The van der Waals surface area contributed by atoms with Gasteiger partial charge in [-0.05, 0) is 55.6 Å². The zero-order valence-corrected chi connectivity index (χ0v) is 13.6. The molecule has 6 heteroatoms. The maximum atomic E-state index is 11.1. The fourth-order valence-electron chi connectivity index (χ4n) is 3.09. The first-order valence-electron chi connectivity index (χ1n) is 7.49. The van der Waals surface area contributed by atoms with Crippen LogP contribution in [0, 0.1) is 11.3 Å². The monoisotopic (exact) mass is 311 g/mol. The second-order valence-corrected chi connectivity index (χ2v) is 8.33. The lowest BCUT2D eigenvalue weighted by Gasteiger charge is -2.17. The van der Waals surface area contributed by atoms with Crippen molar-refractivity contribution >= 4 is 15.8 Å². The number of hydrogen-bond donors (Lipinski definition) is 2. The van der Waals surface area contributed by atoms with Crippen LogP contribution in [0.4, 0.5) is 5.82 Å². The lowest BCUT2D eigenvalue weighted by molar-refractivity contribution is 0.352. The lowest BCUT2D eigenvalue weighted by Crippen LogP contribution is -2.13. The molecule has 1 aromatic heterocycles. The van der Waals surface area contributed by atoms with Gasteiger partial charge >= 0.3 is 0 Å². The van der Waals surface area contributed by atoms with Gasteiger partial charge in [-0.25, -0.2) is 18.5 Å². The van der Waals surface area contributed by atoms with Crippen LogP contribution in [0.15, 0.2) is 23.2 Å². The summed E-state index contributed by atoms with van der Waals surface area (Å²) in [4.78, 5) is 4.11. The van der Waals surface area contributed by atoms with Gasteiger partial charge in [0.25, 0.3) is 0 Å². The third-order valence-electron chi connectivity index (χ3n) is 4.23. The van der Waals surface area contributed by atoms with E-state index in [1.165, 1.54) is 37.9 Å². The van der Waals surface area contributed by atoms with E-state index in [1.807, 2.05) is 0 Å². The van der Waals surface area contributed by atoms with Gasteiger partial charge in [0.1, 0.15) is 10.7 Å². The molecule has 0 saturated heterocycles. The van der Waals surface area contributed by atoms with Gasteiger partial charge in [0.05, 0.1) is 0 Å². The Hall–Kier alpha value is -1.14. The fourth-order valence-corrected chi connectivity index (χ4v) is 3.54. The molecule has 5 nitrogen and oxygen atoms in total. The summed E-state index contributed by atoms with van der Waals surface area (Å²) < 4.78 is 22.2. The molecule has 1 aliphatic rings. The number of primary sulfonamides is 1. The summed E-state index contributed by atoms with van der Waals surface area (Å²) in [5.41, 5.74) is 0.517. The van der Waals surface area contributed by atoms with Gasteiger partial charge in [-0.2, -0.15) is 0 Å². The molecule has 3 N–H and O–H groups in total. The van der Waals surface area contributed by atoms with Crippen LogP contribution in [0.3, 0.4) is 0 Å². The van der Waals surface area contributed by atoms with E-state index in [9.17, 15) is 8.42 Å². The predicted octanol–water partition coefficient (Wildman–Crippen LogP) is 2.75. The largest absolute Gasteiger partial charge is 0.370 e. The zero-order valence-electron chi connectivity index (χ0n) is 12.8. The SMILES string of the molecule is CC1(C)CCC(CCCNc2ccc(S(N)(=O)=O)cn2)C1. The number of aromatic nitrogens is 1. The summed E-state index contributed by atoms with van der Waals surface area (Å²) in [5, 5.41) is 8.25. The molecule has 1 unspecified atom stereocenters. The second-order valence-electron chi connectivity index (χ2n) is 6.77. The molecule has 0 spiro atoms. The number of nitrogens with one attached hydrogen (secondary N) is 1. The topological polar surface area (TPSA) is 85.1 Å². The first-order valence-corrected chi connectivity index (χ1v) is 9.04. The summed E-state index contributed by atoms with van der Waals surface area (Å²) in [6.45, 7) is 5.56. The number of nitrogens with zero attached hydrogens (tertiary/aromatic N) is 1. The zero-order chi connectivity index (χ0) is 15.5. The van der Waals surface area contributed by atoms with Crippen LogP contribution in [0.25, 0.3) is 0 Å². The van der Waals surface area contributed by atoms with E-state index in [2.05, 4.69) is 24.1 Å². The van der Waals surface area contributed by atoms with E-state index in [-0.39, 0.29) is 4.90 Å². The molecule has 1 aromatic rings. The van der Waals surface area contributed by atoms with Gasteiger partial charge in [-0.1, -0.05) is 13.8 Å². The molecule has 0 radical (unpaired) electrons. The Kier molecular flexibility index (Phi) is 4.88. The number of sulfonamides is 1. The minimum absolute atomic E-state index is 0.0428. The maximum absolute atomic E-state index is 11.1. The first-order chi connectivity index (χ1) is 9.76. The molecule has 1 atom stereocenters. The van der Waals surface area contributed by atoms with Gasteiger partial charge < -0.3 is 5.32 Å². The number of anilines is 1. The molecular weight excluding hydrogens is 286 g/mol. The van der Waals surface area contributed by atoms with Gasteiger partial charge in [-0.15, -0.1) is 0 Å². The highest BCUT2D eigenvalue weighted by atomic mass is 32.2. The van der Waals surface area contributed by atoms with Crippen molar-refractivity contribution in [2.24, 2.45) is 16.5 Å². The van der Waals surface area contributed by atoms with Crippen LogP contribution in [-0.2, 0) is 10.0 Å².